The maximum Gasteiger partial charge on any atom is 0.172 e. The van der Waals surface area contributed by atoms with E-state index in [0.717, 1.165) is 41.2 Å². The van der Waals surface area contributed by atoms with Gasteiger partial charge in [0.15, 0.2) is 23.0 Å². The van der Waals surface area contributed by atoms with E-state index in [1.165, 1.54) is 66.1 Å². The fourth-order valence-electron chi connectivity index (χ4n) is 11.0. The number of nitrogens with zero attached hydrogens (tertiary/aromatic N) is 1. The molecule has 3 nitrogen and oxygen atoms in total. The van der Waals surface area contributed by atoms with Gasteiger partial charge in [-0.15, -0.1) is 11.8 Å². The van der Waals surface area contributed by atoms with Crippen LogP contribution in [0, 0.1) is 11.8 Å². The molecule has 0 amide bonds. The average Bonchev–Trinajstić information content (AvgIpc) is 4.00. The van der Waals surface area contributed by atoms with E-state index in [9.17, 15) is 0 Å². The lowest BCUT2D eigenvalue weighted by atomic mass is 9.70. The standard InChI is InChI=1S/C59H41NO2S/c1-37(49-36-63-58-25-12-8-21-47(49)58)38-26-28-41(29-27-38)60(42-17-13-16-40(32-42)39-14-3-2-4-15-39)43-30-31-54-55(33-43)62-56-34-48-46-20-7-11-24-52(46)59(53(48)35-57(56)61-54)50-22-9-5-18-44(50)45-19-6-10-23-51(45)59/h2-20,22-26,28-36,38,47H,1,21,27H2/t38-,47?/m0/s1. The number of fused-ring (bicyclic) bond motifs is 13. The first-order valence-corrected chi connectivity index (χ1v) is 22.8. The molecule has 7 aromatic rings. The first kappa shape index (κ1) is 36.4. The first-order chi connectivity index (χ1) is 31.1. The zero-order valence-corrected chi connectivity index (χ0v) is 35.3. The minimum absolute atomic E-state index is 0.234. The smallest absolute Gasteiger partial charge is 0.172 e. The third-order valence-corrected chi connectivity index (χ3v) is 14.9. The molecule has 0 bridgehead atoms. The Morgan fingerprint density at radius 1 is 0.587 bits per heavy atom. The third-order valence-electron chi connectivity index (χ3n) is 13.9. The van der Waals surface area contributed by atoms with E-state index in [2.05, 4.69) is 211 Å². The highest BCUT2D eigenvalue weighted by Crippen LogP contribution is 2.65. The second-order valence-electron chi connectivity index (χ2n) is 17.2. The maximum atomic E-state index is 6.95. The SMILES string of the molecule is C=C(C1=CSC2=CC=CCC21)[C@H]1C=CC(N(c2cccc(-c3ccccc3)c2)c2ccc3c(c2)Oc2cc4c(cc2O3)C2(c3ccccc3-c3ccccc32)c2ccccc2-4)=CC1. The number of benzene rings is 7. The summed E-state index contributed by atoms with van der Waals surface area (Å²) in [6, 6.07) is 56.8. The number of anilines is 2. The summed E-state index contributed by atoms with van der Waals surface area (Å²) in [7, 11) is 0. The minimum atomic E-state index is -0.455. The van der Waals surface area contributed by atoms with Crippen LogP contribution < -0.4 is 14.4 Å². The molecular weight excluding hydrogens is 787 g/mol. The second-order valence-corrected chi connectivity index (χ2v) is 18.1. The van der Waals surface area contributed by atoms with Gasteiger partial charge >= 0.3 is 0 Å². The minimum Gasteiger partial charge on any atom is -0.449 e. The molecule has 0 saturated carbocycles. The van der Waals surface area contributed by atoms with Crippen LogP contribution in [0.1, 0.15) is 35.1 Å². The van der Waals surface area contributed by atoms with E-state index in [0.29, 0.717) is 23.2 Å². The number of hydrogen-bond acceptors (Lipinski definition) is 4. The van der Waals surface area contributed by atoms with Gasteiger partial charge < -0.3 is 14.4 Å². The summed E-state index contributed by atoms with van der Waals surface area (Å²) in [6.07, 6.45) is 15.6. The van der Waals surface area contributed by atoms with Crippen molar-refractivity contribution in [1.29, 1.82) is 0 Å². The van der Waals surface area contributed by atoms with E-state index in [-0.39, 0.29) is 5.92 Å². The van der Waals surface area contributed by atoms with Crippen molar-refractivity contribution >= 4 is 23.1 Å². The highest BCUT2D eigenvalue weighted by atomic mass is 32.2. The molecule has 2 heterocycles. The van der Waals surface area contributed by atoms with Gasteiger partial charge in [-0.3, -0.25) is 0 Å². The van der Waals surface area contributed by atoms with E-state index in [1.54, 1.807) is 0 Å². The van der Waals surface area contributed by atoms with Crippen molar-refractivity contribution < 1.29 is 9.47 Å². The lowest BCUT2D eigenvalue weighted by Gasteiger charge is -2.32. The molecule has 4 heteroatoms. The van der Waals surface area contributed by atoms with Crippen LogP contribution in [0.5, 0.6) is 23.0 Å². The van der Waals surface area contributed by atoms with Gasteiger partial charge in [-0.1, -0.05) is 152 Å². The van der Waals surface area contributed by atoms with Gasteiger partial charge in [-0.2, -0.15) is 0 Å². The number of allylic oxidation sites excluding steroid dienone is 9. The molecule has 1 spiro atoms. The normalized spacial score (nSPS) is 18.6. The molecule has 300 valence electrons. The molecule has 0 radical (unpaired) electrons. The fourth-order valence-corrected chi connectivity index (χ4v) is 12.1. The molecule has 2 atom stereocenters. The van der Waals surface area contributed by atoms with Gasteiger partial charge in [0.2, 0.25) is 0 Å². The Balaban J connectivity index is 0.880. The zero-order chi connectivity index (χ0) is 41.6. The Hall–Kier alpha value is -7.27. The van der Waals surface area contributed by atoms with Crippen LogP contribution in [-0.2, 0) is 5.41 Å². The fraction of sp³-hybridized carbons (Fsp3) is 0.0847. The van der Waals surface area contributed by atoms with Crippen molar-refractivity contribution in [2.24, 2.45) is 11.8 Å². The van der Waals surface area contributed by atoms with E-state index in [4.69, 9.17) is 9.47 Å². The molecule has 1 unspecified atom stereocenters. The highest BCUT2D eigenvalue weighted by molar-refractivity contribution is 8.06. The van der Waals surface area contributed by atoms with Crippen LogP contribution in [0.25, 0.3) is 33.4 Å². The highest BCUT2D eigenvalue weighted by Gasteiger charge is 2.52. The summed E-state index contributed by atoms with van der Waals surface area (Å²) < 4.78 is 13.8. The Bertz CT molecular complexity index is 3210. The summed E-state index contributed by atoms with van der Waals surface area (Å²) in [4.78, 5) is 3.77. The van der Waals surface area contributed by atoms with Crippen LogP contribution in [0.2, 0.25) is 0 Å². The van der Waals surface area contributed by atoms with Crippen LogP contribution >= 0.6 is 11.8 Å². The van der Waals surface area contributed by atoms with Gasteiger partial charge in [0, 0.05) is 29.3 Å². The molecule has 13 rings (SSSR count). The van der Waals surface area contributed by atoms with Crippen molar-refractivity contribution in [3.05, 3.63) is 250 Å². The van der Waals surface area contributed by atoms with Gasteiger partial charge in [0.1, 0.15) is 0 Å². The van der Waals surface area contributed by atoms with Crippen LogP contribution in [0.15, 0.2) is 228 Å². The number of hydrogen-bond donors (Lipinski definition) is 0. The Morgan fingerprint density at radius 2 is 1.24 bits per heavy atom. The van der Waals surface area contributed by atoms with Crippen molar-refractivity contribution in [3.8, 4) is 56.4 Å². The molecular formula is C59H41NO2S. The van der Waals surface area contributed by atoms with Crippen LogP contribution in [0.4, 0.5) is 11.4 Å². The molecule has 7 aromatic carbocycles. The molecule has 4 aliphatic carbocycles. The van der Waals surface area contributed by atoms with E-state index < -0.39 is 5.41 Å². The van der Waals surface area contributed by atoms with Crippen molar-refractivity contribution in [1.82, 2.24) is 0 Å². The van der Waals surface area contributed by atoms with Gasteiger partial charge in [0.25, 0.3) is 0 Å². The largest absolute Gasteiger partial charge is 0.449 e. The lowest BCUT2D eigenvalue weighted by molar-refractivity contribution is 0.359. The van der Waals surface area contributed by atoms with Crippen molar-refractivity contribution in [2.75, 3.05) is 4.90 Å². The Labute approximate surface area is 372 Å². The summed E-state index contributed by atoms with van der Waals surface area (Å²) in [5.41, 5.74) is 17.7. The molecule has 0 aromatic heterocycles. The average molecular weight is 828 g/mol. The Morgan fingerprint density at radius 3 is 1.98 bits per heavy atom. The first-order valence-electron chi connectivity index (χ1n) is 21.9. The molecule has 0 N–H and O–H groups in total. The Kier molecular flexibility index (Phi) is 8.16. The maximum absolute atomic E-state index is 6.95. The molecule has 0 saturated heterocycles. The lowest BCUT2D eigenvalue weighted by Crippen LogP contribution is -2.25. The second kappa shape index (κ2) is 14.1. The predicted octanol–water partition coefficient (Wildman–Crippen LogP) is 15.8. The van der Waals surface area contributed by atoms with Crippen LogP contribution in [0.3, 0.4) is 0 Å². The zero-order valence-electron chi connectivity index (χ0n) is 34.5. The molecule has 63 heavy (non-hydrogen) atoms. The van der Waals surface area contributed by atoms with E-state index in [1.807, 2.05) is 11.8 Å². The van der Waals surface area contributed by atoms with E-state index >= 15 is 0 Å². The molecule has 6 aliphatic rings. The summed E-state index contributed by atoms with van der Waals surface area (Å²) >= 11 is 1.85. The predicted molar refractivity (Wildman–Crippen MR) is 259 cm³/mol. The quantitative estimate of drug-likeness (QED) is 0.166. The molecule has 0 fully saturated rings. The van der Waals surface area contributed by atoms with Crippen LogP contribution in [-0.4, -0.2) is 0 Å². The van der Waals surface area contributed by atoms with Crippen molar-refractivity contribution in [2.45, 2.75) is 18.3 Å². The number of rotatable bonds is 6. The van der Waals surface area contributed by atoms with Gasteiger partial charge in [-0.25, -0.2) is 0 Å². The van der Waals surface area contributed by atoms with Gasteiger partial charge in [0.05, 0.1) is 11.1 Å². The summed E-state index contributed by atoms with van der Waals surface area (Å²) in [5.74, 6) is 3.48. The van der Waals surface area contributed by atoms with Gasteiger partial charge in [-0.05, 0) is 132 Å². The third kappa shape index (κ3) is 5.47. The topological polar surface area (TPSA) is 21.7 Å². The number of thioether (sulfide) groups is 1. The summed E-state index contributed by atoms with van der Waals surface area (Å²) in [5, 5.41) is 2.32. The van der Waals surface area contributed by atoms with Crippen molar-refractivity contribution in [3.63, 3.8) is 0 Å². The number of ether oxygens (including phenoxy) is 2. The molecule has 2 aliphatic heterocycles. The summed E-state index contributed by atoms with van der Waals surface area (Å²) in [6.45, 7) is 4.67. The monoisotopic (exact) mass is 827 g/mol.